The van der Waals surface area contributed by atoms with Crippen LogP contribution in [0.5, 0.6) is 0 Å². The first-order chi connectivity index (χ1) is 7.86. The van der Waals surface area contributed by atoms with Crippen LogP contribution in [-0.4, -0.2) is 16.7 Å². The molecule has 3 rings (SSSR count). The number of nitrogens with one attached hydrogen (secondary N) is 1. The van der Waals surface area contributed by atoms with Gasteiger partial charge in [0.25, 0.3) is 0 Å². The Labute approximate surface area is 95.8 Å². The molecule has 88 valence electrons. The van der Waals surface area contributed by atoms with E-state index in [1.54, 1.807) is 0 Å². The van der Waals surface area contributed by atoms with Crippen molar-refractivity contribution in [2.24, 2.45) is 5.92 Å². The first-order valence-electron chi connectivity index (χ1n) is 6.43. The Bertz CT molecular complexity index is 359. The topological polar surface area (TPSA) is 51.0 Å². The highest BCUT2D eigenvalue weighted by Gasteiger charge is 2.31. The van der Waals surface area contributed by atoms with Crippen molar-refractivity contribution in [3.05, 3.63) is 11.7 Å². The molecule has 0 radical (unpaired) electrons. The molecular formula is C12H19N3O. The van der Waals surface area contributed by atoms with Crippen molar-refractivity contribution >= 4 is 0 Å². The molecule has 1 aromatic rings. The van der Waals surface area contributed by atoms with E-state index < -0.39 is 0 Å². The van der Waals surface area contributed by atoms with Gasteiger partial charge in [-0.2, -0.15) is 4.98 Å². The Morgan fingerprint density at radius 3 is 3.00 bits per heavy atom. The van der Waals surface area contributed by atoms with Crippen LogP contribution in [0.25, 0.3) is 0 Å². The van der Waals surface area contributed by atoms with Crippen molar-refractivity contribution in [3.63, 3.8) is 0 Å². The van der Waals surface area contributed by atoms with Gasteiger partial charge in [-0.15, -0.1) is 0 Å². The van der Waals surface area contributed by atoms with Crippen molar-refractivity contribution in [1.82, 2.24) is 15.5 Å². The van der Waals surface area contributed by atoms with Gasteiger partial charge >= 0.3 is 0 Å². The predicted molar refractivity (Wildman–Crippen MR) is 60.0 cm³/mol. The minimum atomic E-state index is 0.290. The Morgan fingerprint density at radius 2 is 2.25 bits per heavy atom. The van der Waals surface area contributed by atoms with E-state index in [0.29, 0.717) is 12.0 Å². The molecule has 2 unspecified atom stereocenters. The molecular weight excluding hydrogens is 202 g/mol. The van der Waals surface area contributed by atoms with E-state index >= 15 is 0 Å². The summed E-state index contributed by atoms with van der Waals surface area (Å²) in [6.07, 6.45) is 6.13. The van der Waals surface area contributed by atoms with Crippen LogP contribution in [0.15, 0.2) is 4.52 Å². The summed E-state index contributed by atoms with van der Waals surface area (Å²) < 4.78 is 5.37. The first-order valence-corrected chi connectivity index (χ1v) is 6.43. The molecule has 4 heteroatoms. The van der Waals surface area contributed by atoms with Crippen LogP contribution in [0.4, 0.5) is 0 Å². The van der Waals surface area contributed by atoms with Crippen LogP contribution in [0.3, 0.4) is 0 Å². The third kappa shape index (κ3) is 1.98. The zero-order valence-corrected chi connectivity index (χ0v) is 9.78. The summed E-state index contributed by atoms with van der Waals surface area (Å²) in [5.74, 6) is 3.13. The molecule has 2 heterocycles. The third-order valence-electron chi connectivity index (χ3n) is 3.79. The van der Waals surface area contributed by atoms with Crippen LogP contribution >= 0.6 is 0 Å². The molecule has 1 aliphatic carbocycles. The van der Waals surface area contributed by atoms with Gasteiger partial charge in [0.15, 0.2) is 5.82 Å². The molecule has 0 spiro atoms. The lowest BCUT2D eigenvalue weighted by molar-refractivity contribution is 0.245. The Morgan fingerprint density at radius 1 is 1.38 bits per heavy atom. The van der Waals surface area contributed by atoms with Gasteiger partial charge in [0.2, 0.25) is 5.89 Å². The molecule has 16 heavy (non-hydrogen) atoms. The van der Waals surface area contributed by atoms with Gasteiger partial charge in [-0.25, -0.2) is 0 Å². The zero-order valence-electron chi connectivity index (χ0n) is 9.78. The van der Waals surface area contributed by atoms with Gasteiger partial charge in [-0.3, -0.25) is 0 Å². The van der Waals surface area contributed by atoms with Gasteiger partial charge < -0.3 is 9.84 Å². The van der Waals surface area contributed by atoms with Crippen molar-refractivity contribution in [2.75, 3.05) is 6.54 Å². The van der Waals surface area contributed by atoms with Gasteiger partial charge in [-0.1, -0.05) is 18.5 Å². The van der Waals surface area contributed by atoms with Crippen molar-refractivity contribution in [2.45, 2.75) is 51.0 Å². The number of rotatable bonds is 3. The number of nitrogens with zero attached hydrogens (tertiary/aromatic N) is 2. The summed E-state index contributed by atoms with van der Waals surface area (Å²) in [5, 5.41) is 7.55. The summed E-state index contributed by atoms with van der Waals surface area (Å²) in [5.41, 5.74) is 0. The quantitative estimate of drug-likeness (QED) is 0.851. The summed E-state index contributed by atoms with van der Waals surface area (Å²) in [4.78, 5) is 4.52. The van der Waals surface area contributed by atoms with Crippen LogP contribution in [-0.2, 0) is 0 Å². The largest absolute Gasteiger partial charge is 0.338 e. The molecule has 2 atom stereocenters. The highest BCUT2D eigenvalue weighted by molar-refractivity contribution is 5.05. The number of piperidine rings is 1. The fourth-order valence-electron chi connectivity index (χ4n) is 2.45. The van der Waals surface area contributed by atoms with Crippen LogP contribution < -0.4 is 5.32 Å². The van der Waals surface area contributed by atoms with Gasteiger partial charge in [0.1, 0.15) is 0 Å². The van der Waals surface area contributed by atoms with E-state index in [1.165, 1.54) is 25.7 Å². The van der Waals surface area contributed by atoms with Crippen LogP contribution in [0.2, 0.25) is 0 Å². The summed E-state index contributed by atoms with van der Waals surface area (Å²) in [6.45, 7) is 3.33. The first kappa shape index (κ1) is 10.3. The lowest BCUT2D eigenvalue weighted by atomic mass is 9.90. The highest BCUT2D eigenvalue weighted by Crippen LogP contribution is 2.39. The van der Waals surface area contributed by atoms with Crippen LogP contribution in [0.1, 0.15) is 62.7 Å². The third-order valence-corrected chi connectivity index (χ3v) is 3.79. The van der Waals surface area contributed by atoms with E-state index in [-0.39, 0.29) is 0 Å². The number of aromatic nitrogens is 2. The van der Waals surface area contributed by atoms with E-state index in [9.17, 15) is 0 Å². The normalized spacial score (nSPS) is 30.6. The summed E-state index contributed by atoms with van der Waals surface area (Å²) >= 11 is 0. The Hall–Kier alpha value is -0.900. The fraction of sp³-hybridized carbons (Fsp3) is 0.833. The molecule has 1 aromatic heterocycles. The summed E-state index contributed by atoms with van der Waals surface area (Å²) in [6, 6.07) is 0.290. The molecule has 0 bridgehead atoms. The minimum absolute atomic E-state index is 0.290. The molecule has 0 aromatic carbocycles. The highest BCUT2D eigenvalue weighted by atomic mass is 16.5. The maximum Gasteiger partial charge on any atom is 0.243 e. The van der Waals surface area contributed by atoms with Crippen molar-refractivity contribution < 1.29 is 4.52 Å². The molecule has 0 amide bonds. The summed E-state index contributed by atoms with van der Waals surface area (Å²) in [7, 11) is 0. The monoisotopic (exact) mass is 221 g/mol. The van der Waals surface area contributed by atoms with Crippen LogP contribution in [0, 0.1) is 5.92 Å². The van der Waals surface area contributed by atoms with Gasteiger partial charge in [0, 0.05) is 5.92 Å². The average Bonchev–Trinajstić information content (AvgIpc) is 3.07. The average molecular weight is 221 g/mol. The SMILES string of the molecule is CCC1CCNC(c2nc(C3CC3)no2)C1. The van der Waals surface area contributed by atoms with Gasteiger partial charge in [0.05, 0.1) is 6.04 Å². The standard InChI is InChI=1S/C12H19N3O/c1-2-8-5-6-13-10(7-8)12-14-11(15-16-12)9-3-4-9/h8-10,13H,2-7H2,1H3. The van der Waals surface area contributed by atoms with E-state index in [2.05, 4.69) is 22.4 Å². The van der Waals surface area contributed by atoms with Gasteiger partial charge in [-0.05, 0) is 38.1 Å². The smallest absolute Gasteiger partial charge is 0.243 e. The molecule has 1 aliphatic heterocycles. The second kappa shape index (κ2) is 4.17. The molecule has 1 saturated carbocycles. The molecule has 4 nitrogen and oxygen atoms in total. The lowest BCUT2D eigenvalue weighted by Gasteiger charge is -2.27. The number of hydrogen-bond donors (Lipinski definition) is 1. The maximum absolute atomic E-state index is 5.37. The Balaban J connectivity index is 1.70. The second-order valence-electron chi connectivity index (χ2n) is 5.07. The molecule has 2 aliphatic rings. The predicted octanol–water partition coefficient (Wildman–Crippen LogP) is 2.40. The molecule has 2 fully saturated rings. The molecule has 1 saturated heterocycles. The second-order valence-corrected chi connectivity index (χ2v) is 5.07. The Kier molecular flexibility index (Phi) is 2.67. The van der Waals surface area contributed by atoms with Crippen molar-refractivity contribution in [3.8, 4) is 0 Å². The minimum Gasteiger partial charge on any atom is -0.338 e. The van der Waals surface area contributed by atoms with Crippen molar-refractivity contribution in [1.29, 1.82) is 0 Å². The van der Waals surface area contributed by atoms with E-state index in [4.69, 9.17) is 4.52 Å². The lowest BCUT2D eigenvalue weighted by Crippen LogP contribution is -2.31. The number of hydrogen-bond acceptors (Lipinski definition) is 4. The fourth-order valence-corrected chi connectivity index (χ4v) is 2.45. The molecule has 1 N–H and O–H groups in total. The van der Waals surface area contributed by atoms with E-state index in [1.807, 2.05) is 0 Å². The zero-order chi connectivity index (χ0) is 11.0. The maximum atomic E-state index is 5.37. The van der Waals surface area contributed by atoms with E-state index in [0.717, 1.165) is 30.6 Å².